The molecule has 2 fully saturated rings. The van der Waals surface area contributed by atoms with Crippen molar-refractivity contribution in [1.82, 2.24) is 0 Å². The zero-order valence-corrected chi connectivity index (χ0v) is 21.0. The van der Waals surface area contributed by atoms with Gasteiger partial charge in [0.15, 0.2) is 0 Å². The monoisotopic (exact) mass is 422 g/mol. The average molecular weight is 423 g/mol. The van der Waals surface area contributed by atoms with Gasteiger partial charge in [-0.15, -0.1) is 0 Å². The highest BCUT2D eigenvalue weighted by molar-refractivity contribution is 4.74. The van der Waals surface area contributed by atoms with E-state index in [1.54, 1.807) is 0 Å². The molecule has 2 nitrogen and oxygen atoms in total. The van der Waals surface area contributed by atoms with Gasteiger partial charge in [-0.2, -0.15) is 0 Å². The maximum atomic E-state index is 6.17. The normalized spacial score (nSPS) is 29.6. The molecule has 2 unspecified atom stereocenters. The Hall–Kier alpha value is -0.0800. The highest BCUT2D eigenvalue weighted by atomic mass is 16.5. The number of hydrogen-bond donors (Lipinski definition) is 0. The molecule has 0 bridgehead atoms. The van der Waals surface area contributed by atoms with E-state index in [1.165, 1.54) is 103 Å². The number of unbranched alkanes of at least 4 members (excludes halogenated alkanes) is 2. The Morgan fingerprint density at radius 2 is 0.833 bits per heavy atom. The van der Waals surface area contributed by atoms with Gasteiger partial charge in [0, 0.05) is 13.2 Å². The molecule has 2 atom stereocenters. The largest absolute Gasteiger partial charge is 0.376 e. The second-order valence-corrected chi connectivity index (χ2v) is 10.8. The van der Waals surface area contributed by atoms with Crippen molar-refractivity contribution in [1.29, 1.82) is 0 Å². The van der Waals surface area contributed by atoms with Crippen LogP contribution in [0.4, 0.5) is 0 Å². The van der Waals surface area contributed by atoms with Crippen molar-refractivity contribution >= 4 is 0 Å². The molecule has 0 spiro atoms. The van der Waals surface area contributed by atoms with Gasteiger partial charge in [-0.3, -0.25) is 0 Å². The lowest BCUT2D eigenvalue weighted by Gasteiger charge is -2.30. The van der Waals surface area contributed by atoms with E-state index >= 15 is 0 Å². The van der Waals surface area contributed by atoms with Crippen molar-refractivity contribution in [3.8, 4) is 0 Å². The lowest BCUT2D eigenvalue weighted by molar-refractivity contribution is -0.0631. The first-order valence-corrected chi connectivity index (χ1v) is 13.8. The van der Waals surface area contributed by atoms with Crippen LogP contribution in [0.25, 0.3) is 0 Å². The summed E-state index contributed by atoms with van der Waals surface area (Å²) in [6.07, 6.45) is 23.0. The Balaban J connectivity index is 1.47. The van der Waals surface area contributed by atoms with Crippen molar-refractivity contribution in [3.05, 3.63) is 0 Å². The number of hydrogen-bond acceptors (Lipinski definition) is 2. The summed E-state index contributed by atoms with van der Waals surface area (Å²) in [6.45, 7) is 10.9. The predicted octanol–water partition coefficient (Wildman–Crippen LogP) is 8.57. The fourth-order valence-electron chi connectivity index (χ4n) is 5.72. The SMILES string of the molecule is CCCCC1CCC(CCOC(C)C(C)OCCC2CCC(CCCC)CC2)CC1. The van der Waals surface area contributed by atoms with E-state index < -0.39 is 0 Å². The molecule has 0 heterocycles. The molecule has 0 N–H and O–H groups in total. The topological polar surface area (TPSA) is 18.5 Å². The summed E-state index contributed by atoms with van der Waals surface area (Å²) >= 11 is 0. The van der Waals surface area contributed by atoms with Gasteiger partial charge in [0.05, 0.1) is 12.2 Å². The highest BCUT2D eigenvalue weighted by Gasteiger charge is 2.23. The summed E-state index contributed by atoms with van der Waals surface area (Å²) in [5, 5.41) is 0. The Bertz CT molecular complexity index is 355. The van der Waals surface area contributed by atoms with E-state index in [2.05, 4.69) is 27.7 Å². The highest BCUT2D eigenvalue weighted by Crippen LogP contribution is 2.34. The van der Waals surface area contributed by atoms with E-state index in [0.29, 0.717) is 0 Å². The Kier molecular flexibility index (Phi) is 13.7. The minimum absolute atomic E-state index is 0.218. The minimum Gasteiger partial charge on any atom is -0.376 e. The Morgan fingerprint density at radius 1 is 0.533 bits per heavy atom. The molecule has 0 radical (unpaired) electrons. The van der Waals surface area contributed by atoms with Crippen LogP contribution in [0.2, 0.25) is 0 Å². The standard InChI is InChI=1S/C28H54O2/c1-5-7-9-25-11-15-27(16-12-25)19-21-29-23(3)24(4)30-22-20-28-17-13-26(14-18-28)10-8-6-2/h23-28H,5-22H2,1-4H3. The second-order valence-electron chi connectivity index (χ2n) is 10.8. The summed E-state index contributed by atoms with van der Waals surface area (Å²) in [4.78, 5) is 0. The van der Waals surface area contributed by atoms with Gasteiger partial charge in [0.2, 0.25) is 0 Å². The smallest absolute Gasteiger partial charge is 0.0805 e. The zero-order chi connectivity index (χ0) is 21.6. The van der Waals surface area contributed by atoms with Gasteiger partial charge in [-0.1, -0.05) is 104 Å². The third-order valence-electron chi connectivity index (χ3n) is 8.34. The van der Waals surface area contributed by atoms with Gasteiger partial charge in [-0.05, 0) is 50.4 Å². The third kappa shape index (κ3) is 10.5. The van der Waals surface area contributed by atoms with Crippen molar-refractivity contribution in [2.45, 2.75) is 143 Å². The lowest BCUT2D eigenvalue weighted by atomic mass is 9.79. The van der Waals surface area contributed by atoms with E-state index in [0.717, 1.165) is 36.9 Å². The molecule has 2 rings (SSSR count). The van der Waals surface area contributed by atoms with Crippen LogP contribution in [0.1, 0.15) is 130 Å². The first-order valence-electron chi connectivity index (χ1n) is 13.8. The molecule has 2 heteroatoms. The number of ether oxygens (including phenoxy) is 2. The molecule has 0 aliphatic heterocycles. The zero-order valence-electron chi connectivity index (χ0n) is 21.0. The van der Waals surface area contributed by atoms with Gasteiger partial charge >= 0.3 is 0 Å². The van der Waals surface area contributed by atoms with Crippen LogP contribution in [0.5, 0.6) is 0 Å². The fraction of sp³-hybridized carbons (Fsp3) is 1.00. The molecule has 0 aromatic carbocycles. The van der Waals surface area contributed by atoms with Crippen LogP contribution in [-0.4, -0.2) is 25.4 Å². The molecule has 2 saturated carbocycles. The first-order chi connectivity index (χ1) is 14.6. The average Bonchev–Trinajstić information content (AvgIpc) is 2.77. The first kappa shape index (κ1) is 26.2. The number of rotatable bonds is 15. The van der Waals surface area contributed by atoms with Gasteiger partial charge in [0.25, 0.3) is 0 Å². The molecule has 178 valence electrons. The van der Waals surface area contributed by atoms with Gasteiger partial charge < -0.3 is 9.47 Å². The van der Waals surface area contributed by atoms with Gasteiger partial charge in [-0.25, -0.2) is 0 Å². The lowest BCUT2D eigenvalue weighted by Crippen LogP contribution is -2.28. The van der Waals surface area contributed by atoms with E-state index in [9.17, 15) is 0 Å². The third-order valence-corrected chi connectivity index (χ3v) is 8.34. The van der Waals surface area contributed by atoms with E-state index in [-0.39, 0.29) is 12.2 Å². The molecule has 30 heavy (non-hydrogen) atoms. The van der Waals surface area contributed by atoms with Crippen molar-refractivity contribution in [2.24, 2.45) is 23.7 Å². The summed E-state index contributed by atoms with van der Waals surface area (Å²) in [7, 11) is 0. The minimum atomic E-state index is 0.218. The quantitative estimate of drug-likeness (QED) is 0.263. The Morgan fingerprint density at radius 3 is 1.13 bits per heavy atom. The second kappa shape index (κ2) is 15.7. The molecular weight excluding hydrogens is 368 g/mol. The molecule has 0 aromatic heterocycles. The maximum Gasteiger partial charge on any atom is 0.0805 e. The summed E-state index contributed by atoms with van der Waals surface area (Å²) in [5.74, 6) is 3.83. The van der Waals surface area contributed by atoms with Crippen LogP contribution >= 0.6 is 0 Å². The van der Waals surface area contributed by atoms with Gasteiger partial charge in [0.1, 0.15) is 0 Å². The van der Waals surface area contributed by atoms with Crippen molar-refractivity contribution in [2.75, 3.05) is 13.2 Å². The maximum absolute atomic E-state index is 6.17. The fourth-order valence-corrected chi connectivity index (χ4v) is 5.72. The van der Waals surface area contributed by atoms with Crippen LogP contribution in [-0.2, 0) is 9.47 Å². The summed E-state index contributed by atoms with van der Waals surface area (Å²) < 4.78 is 12.3. The molecule has 0 aromatic rings. The molecule has 0 amide bonds. The van der Waals surface area contributed by atoms with E-state index in [1.807, 2.05) is 0 Å². The summed E-state index contributed by atoms with van der Waals surface area (Å²) in [6, 6.07) is 0. The van der Waals surface area contributed by atoms with Crippen LogP contribution < -0.4 is 0 Å². The Labute approximate surface area is 189 Å². The predicted molar refractivity (Wildman–Crippen MR) is 130 cm³/mol. The molecule has 2 aliphatic rings. The van der Waals surface area contributed by atoms with Crippen molar-refractivity contribution in [3.63, 3.8) is 0 Å². The van der Waals surface area contributed by atoms with Crippen molar-refractivity contribution < 1.29 is 9.47 Å². The van der Waals surface area contributed by atoms with E-state index in [4.69, 9.17) is 9.47 Å². The van der Waals surface area contributed by atoms with Crippen LogP contribution in [0.3, 0.4) is 0 Å². The molecular formula is C28H54O2. The summed E-state index contributed by atoms with van der Waals surface area (Å²) in [5.41, 5.74) is 0. The molecule has 0 saturated heterocycles. The van der Waals surface area contributed by atoms with Crippen LogP contribution in [0.15, 0.2) is 0 Å². The van der Waals surface area contributed by atoms with Crippen LogP contribution in [0, 0.1) is 23.7 Å². The molecule has 2 aliphatic carbocycles.